The number of nitrogens with zero attached hydrogens (tertiary/aromatic N) is 1. The Morgan fingerprint density at radius 3 is 3.10 bits per heavy atom. The van der Waals surface area contributed by atoms with Gasteiger partial charge in [0.05, 0.1) is 25.4 Å². The predicted molar refractivity (Wildman–Crippen MR) is 77.2 cm³/mol. The Labute approximate surface area is 125 Å². The van der Waals surface area contributed by atoms with Crippen LogP contribution in [0.2, 0.25) is 0 Å². The molecule has 1 aromatic heterocycles. The minimum absolute atomic E-state index is 0.0335. The highest BCUT2D eigenvalue weighted by molar-refractivity contribution is 5.91. The highest BCUT2D eigenvalue weighted by Crippen LogP contribution is 2.41. The minimum atomic E-state index is -0.231. The molecule has 116 valence electrons. The van der Waals surface area contributed by atoms with Crippen molar-refractivity contribution in [3.8, 4) is 0 Å². The van der Waals surface area contributed by atoms with Gasteiger partial charge in [-0.25, -0.2) is 0 Å². The van der Waals surface area contributed by atoms with Crippen LogP contribution in [-0.2, 0) is 9.47 Å². The number of methoxy groups -OCH3 is 1. The fourth-order valence-corrected chi connectivity index (χ4v) is 3.63. The summed E-state index contributed by atoms with van der Waals surface area (Å²) in [7, 11) is 1.73. The number of carbonyl (C=O) groups is 1. The molecule has 2 heterocycles. The van der Waals surface area contributed by atoms with Gasteiger partial charge in [-0.05, 0) is 31.9 Å². The molecule has 0 N–H and O–H groups in total. The molecule has 2 aliphatic rings. The lowest BCUT2D eigenvalue weighted by Gasteiger charge is -2.43. The van der Waals surface area contributed by atoms with E-state index < -0.39 is 0 Å². The molecular weight excluding hydrogens is 270 g/mol. The molecule has 3 rings (SSSR count). The number of carbonyl (C=O) groups excluding carboxylic acids is 1. The lowest BCUT2D eigenvalue weighted by Crippen LogP contribution is -2.56. The summed E-state index contributed by atoms with van der Waals surface area (Å²) in [4.78, 5) is 14.4. The maximum absolute atomic E-state index is 12.6. The Morgan fingerprint density at radius 2 is 2.38 bits per heavy atom. The molecule has 5 nitrogen and oxygen atoms in total. The van der Waals surface area contributed by atoms with E-state index in [2.05, 4.69) is 0 Å². The molecule has 0 aromatic carbocycles. The van der Waals surface area contributed by atoms with Gasteiger partial charge in [-0.1, -0.05) is 6.42 Å². The van der Waals surface area contributed by atoms with Gasteiger partial charge in [0.15, 0.2) is 5.76 Å². The standard InChI is InChI=1S/C16H23NO4/c1-12-5-6-14(21-12)15(18)17-8-9-20-16(11-17)7-3-4-13(16)10-19-2/h5-6,13H,3-4,7-11H2,1-2H3/t13-,16-/m0/s1. The van der Waals surface area contributed by atoms with Crippen molar-refractivity contribution in [1.82, 2.24) is 4.90 Å². The Morgan fingerprint density at radius 1 is 1.52 bits per heavy atom. The second-order valence-electron chi connectivity index (χ2n) is 6.09. The summed E-state index contributed by atoms with van der Waals surface area (Å²) >= 11 is 0. The molecule has 1 aliphatic heterocycles. The number of amides is 1. The van der Waals surface area contributed by atoms with Crippen LogP contribution >= 0.6 is 0 Å². The van der Waals surface area contributed by atoms with E-state index in [1.165, 1.54) is 0 Å². The van der Waals surface area contributed by atoms with Gasteiger partial charge >= 0.3 is 0 Å². The maximum Gasteiger partial charge on any atom is 0.289 e. The minimum Gasteiger partial charge on any atom is -0.456 e. The lowest BCUT2D eigenvalue weighted by atomic mass is 9.89. The quantitative estimate of drug-likeness (QED) is 0.857. The van der Waals surface area contributed by atoms with Gasteiger partial charge in [0, 0.05) is 19.6 Å². The summed E-state index contributed by atoms with van der Waals surface area (Å²) in [6.45, 7) is 4.40. The third kappa shape index (κ3) is 2.72. The van der Waals surface area contributed by atoms with Gasteiger partial charge in [-0.3, -0.25) is 4.79 Å². The summed E-state index contributed by atoms with van der Waals surface area (Å²) in [6, 6.07) is 3.58. The van der Waals surface area contributed by atoms with Crippen LogP contribution < -0.4 is 0 Å². The average Bonchev–Trinajstić information content (AvgIpc) is 3.07. The third-order valence-electron chi connectivity index (χ3n) is 4.71. The molecule has 1 saturated carbocycles. The molecule has 0 bridgehead atoms. The summed E-state index contributed by atoms with van der Waals surface area (Å²) in [6.07, 6.45) is 3.24. The molecule has 0 unspecified atom stereocenters. The van der Waals surface area contributed by atoms with E-state index in [1.54, 1.807) is 13.2 Å². The Kier molecular flexibility index (Phi) is 4.04. The highest BCUT2D eigenvalue weighted by atomic mass is 16.5. The molecule has 1 spiro atoms. The van der Waals surface area contributed by atoms with Crippen LogP contribution in [0, 0.1) is 12.8 Å². The topological polar surface area (TPSA) is 51.9 Å². The number of hydrogen-bond donors (Lipinski definition) is 0. The average molecular weight is 293 g/mol. The van der Waals surface area contributed by atoms with E-state index in [1.807, 2.05) is 17.9 Å². The van der Waals surface area contributed by atoms with Crippen LogP contribution in [0.5, 0.6) is 0 Å². The third-order valence-corrected chi connectivity index (χ3v) is 4.71. The zero-order chi connectivity index (χ0) is 14.9. The first-order valence-electron chi connectivity index (χ1n) is 7.63. The lowest BCUT2D eigenvalue weighted by molar-refractivity contribution is -0.131. The summed E-state index contributed by atoms with van der Waals surface area (Å²) in [5, 5.41) is 0. The smallest absolute Gasteiger partial charge is 0.289 e. The first kappa shape index (κ1) is 14.6. The van der Waals surface area contributed by atoms with Crippen molar-refractivity contribution >= 4 is 5.91 Å². The number of hydrogen-bond acceptors (Lipinski definition) is 4. The Bertz CT molecular complexity index is 512. The van der Waals surface area contributed by atoms with E-state index in [4.69, 9.17) is 13.9 Å². The molecule has 1 amide bonds. The largest absolute Gasteiger partial charge is 0.456 e. The van der Waals surface area contributed by atoms with Crippen LogP contribution in [0.1, 0.15) is 35.6 Å². The second kappa shape index (κ2) is 5.81. The fourth-order valence-electron chi connectivity index (χ4n) is 3.63. The Balaban J connectivity index is 1.75. The zero-order valence-corrected chi connectivity index (χ0v) is 12.8. The van der Waals surface area contributed by atoms with E-state index in [0.717, 1.165) is 25.0 Å². The summed E-state index contributed by atoms with van der Waals surface area (Å²) in [5.41, 5.74) is -0.231. The number of furan rings is 1. The van der Waals surface area contributed by atoms with Gasteiger partial charge in [0.25, 0.3) is 5.91 Å². The van der Waals surface area contributed by atoms with Crippen LogP contribution in [0.15, 0.2) is 16.5 Å². The molecule has 2 atom stereocenters. The zero-order valence-electron chi connectivity index (χ0n) is 12.8. The monoisotopic (exact) mass is 293 g/mol. The van der Waals surface area contributed by atoms with Crippen molar-refractivity contribution in [2.24, 2.45) is 5.92 Å². The summed E-state index contributed by atoms with van der Waals surface area (Å²) in [5.74, 6) is 1.52. The molecular formula is C16H23NO4. The summed E-state index contributed by atoms with van der Waals surface area (Å²) < 4.78 is 16.9. The number of aryl methyl sites for hydroxylation is 1. The Hall–Kier alpha value is -1.33. The van der Waals surface area contributed by atoms with E-state index in [-0.39, 0.29) is 11.5 Å². The van der Waals surface area contributed by atoms with E-state index >= 15 is 0 Å². The number of morpholine rings is 1. The van der Waals surface area contributed by atoms with Gasteiger partial charge in [-0.15, -0.1) is 0 Å². The van der Waals surface area contributed by atoms with Crippen molar-refractivity contribution in [2.75, 3.05) is 33.4 Å². The van der Waals surface area contributed by atoms with Crippen molar-refractivity contribution in [3.63, 3.8) is 0 Å². The van der Waals surface area contributed by atoms with Crippen molar-refractivity contribution in [2.45, 2.75) is 31.8 Å². The van der Waals surface area contributed by atoms with Gasteiger partial charge < -0.3 is 18.8 Å². The molecule has 21 heavy (non-hydrogen) atoms. The molecule has 2 fully saturated rings. The van der Waals surface area contributed by atoms with E-state index in [0.29, 0.717) is 38.0 Å². The van der Waals surface area contributed by atoms with Crippen molar-refractivity contribution in [1.29, 1.82) is 0 Å². The number of ether oxygens (including phenoxy) is 2. The van der Waals surface area contributed by atoms with Crippen molar-refractivity contribution in [3.05, 3.63) is 23.7 Å². The molecule has 5 heteroatoms. The molecule has 0 radical (unpaired) electrons. The van der Waals surface area contributed by atoms with Gasteiger partial charge in [-0.2, -0.15) is 0 Å². The van der Waals surface area contributed by atoms with Crippen LogP contribution in [0.25, 0.3) is 0 Å². The van der Waals surface area contributed by atoms with Gasteiger partial charge in [0.2, 0.25) is 0 Å². The first-order valence-corrected chi connectivity index (χ1v) is 7.63. The predicted octanol–water partition coefficient (Wildman–Crippen LogP) is 2.25. The second-order valence-corrected chi connectivity index (χ2v) is 6.09. The molecule has 1 aromatic rings. The molecule has 1 saturated heterocycles. The van der Waals surface area contributed by atoms with Crippen LogP contribution in [0.4, 0.5) is 0 Å². The molecule has 1 aliphatic carbocycles. The maximum atomic E-state index is 12.6. The number of rotatable bonds is 3. The van der Waals surface area contributed by atoms with Gasteiger partial charge in [0.1, 0.15) is 5.76 Å². The van der Waals surface area contributed by atoms with Crippen LogP contribution in [-0.4, -0.2) is 49.8 Å². The fraction of sp³-hybridized carbons (Fsp3) is 0.688. The normalized spacial score (nSPS) is 29.2. The SMILES string of the molecule is COC[C@@H]1CCC[C@]12CN(C(=O)c1ccc(C)o1)CCO2. The first-order chi connectivity index (χ1) is 10.1. The van der Waals surface area contributed by atoms with E-state index in [9.17, 15) is 4.79 Å². The van der Waals surface area contributed by atoms with Crippen LogP contribution in [0.3, 0.4) is 0 Å². The highest BCUT2D eigenvalue weighted by Gasteiger charge is 2.48. The van der Waals surface area contributed by atoms with Crippen molar-refractivity contribution < 1.29 is 18.7 Å².